The van der Waals surface area contributed by atoms with Crippen LogP contribution in [0, 0.1) is 19.3 Å². The maximum Gasteiger partial charge on any atom is 0.245 e. The Morgan fingerprint density at radius 3 is 2.48 bits per heavy atom. The number of ether oxygens (including phenoxy) is 1. The maximum atomic E-state index is 13.6. The minimum atomic E-state index is -0.328. The van der Waals surface area contributed by atoms with Crippen LogP contribution in [0.5, 0.6) is 0 Å². The molecule has 3 aliphatic rings. The molecule has 1 aromatic rings. The molecular weight excluding hydrogens is 368 g/mol. The van der Waals surface area contributed by atoms with Gasteiger partial charge in [0.1, 0.15) is 6.04 Å². The Balaban J connectivity index is 1.54. The second-order valence-electron chi connectivity index (χ2n) is 9.00. The van der Waals surface area contributed by atoms with Gasteiger partial charge in [-0.3, -0.25) is 14.3 Å². The first-order valence-electron chi connectivity index (χ1n) is 11.2. The quantitative estimate of drug-likeness (QED) is 0.775. The van der Waals surface area contributed by atoms with Crippen LogP contribution >= 0.6 is 0 Å². The Hall–Kier alpha value is -1.89. The Labute approximate surface area is 173 Å². The van der Waals surface area contributed by atoms with Crippen molar-refractivity contribution in [1.29, 1.82) is 0 Å². The molecule has 3 aliphatic heterocycles. The highest BCUT2D eigenvalue weighted by Crippen LogP contribution is 2.45. The van der Waals surface area contributed by atoms with Gasteiger partial charge in [0, 0.05) is 56.9 Å². The van der Waals surface area contributed by atoms with Crippen LogP contribution in [-0.2, 0) is 20.9 Å². The molecule has 1 spiro atoms. The summed E-state index contributed by atoms with van der Waals surface area (Å²) < 4.78 is 7.53. The summed E-state index contributed by atoms with van der Waals surface area (Å²) in [7, 11) is 0. The van der Waals surface area contributed by atoms with Crippen LogP contribution in [0.4, 0.5) is 0 Å². The van der Waals surface area contributed by atoms with Crippen molar-refractivity contribution in [2.45, 2.75) is 71.4 Å². The highest BCUT2D eigenvalue weighted by molar-refractivity contribution is 5.89. The molecule has 1 aromatic heterocycles. The summed E-state index contributed by atoms with van der Waals surface area (Å²) in [5.41, 5.74) is 1.92. The van der Waals surface area contributed by atoms with Crippen molar-refractivity contribution in [3.05, 3.63) is 17.5 Å². The largest absolute Gasteiger partial charge is 0.381 e. The molecule has 0 aromatic carbocycles. The van der Waals surface area contributed by atoms with Crippen molar-refractivity contribution in [3.63, 3.8) is 0 Å². The van der Waals surface area contributed by atoms with E-state index < -0.39 is 0 Å². The lowest BCUT2D eigenvalue weighted by Crippen LogP contribution is -2.62. The van der Waals surface area contributed by atoms with Crippen LogP contribution in [0.3, 0.4) is 0 Å². The van der Waals surface area contributed by atoms with E-state index in [1.807, 2.05) is 34.4 Å². The number of nitrogens with zero attached hydrogens (tertiary/aromatic N) is 4. The molecule has 1 atom stereocenters. The molecule has 1 unspecified atom stereocenters. The molecule has 160 valence electrons. The first-order chi connectivity index (χ1) is 14.0. The average molecular weight is 403 g/mol. The predicted molar refractivity (Wildman–Crippen MR) is 109 cm³/mol. The second-order valence-corrected chi connectivity index (χ2v) is 9.00. The third kappa shape index (κ3) is 4.06. The first-order valence-corrected chi connectivity index (χ1v) is 11.2. The molecule has 0 saturated carbocycles. The van der Waals surface area contributed by atoms with Crippen LogP contribution in [0.15, 0.2) is 6.07 Å². The van der Waals surface area contributed by atoms with Gasteiger partial charge in [0.05, 0.1) is 5.69 Å². The number of carbonyl (C=O) groups excluding carboxylic acids is 2. The molecule has 0 radical (unpaired) electrons. The van der Waals surface area contributed by atoms with Gasteiger partial charge in [-0.2, -0.15) is 5.10 Å². The lowest BCUT2D eigenvalue weighted by atomic mass is 9.67. The van der Waals surface area contributed by atoms with E-state index in [2.05, 4.69) is 5.10 Å². The van der Waals surface area contributed by atoms with Gasteiger partial charge in [-0.05, 0) is 58.4 Å². The standard InChI is InChI=1S/C22H34N4O3/c1-17-16-18(2)26(23-17)13-6-19(27)25-12-5-7-22(8-14-29-15-9-22)20(25)21(28)24-10-3-4-11-24/h16,20H,3-15H2,1-2H3. The maximum absolute atomic E-state index is 13.6. The van der Waals surface area contributed by atoms with E-state index in [9.17, 15) is 9.59 Å². The van der Waals surface area contributed by atoms with Gasteiger partial charge < -0.3 is 14.5 Å². The molecule has 7 heteroatoms. The molecule has 3 fully saturated rings. The number of carbonyl (C=O) groups is 2. The van der Waals surface area contributed by atoms with Crippen LogP contribution in [-0.4, -0.2) is 70.3 Å². The zero-order chi connectivity index (χ0) is 20.4. The molecule has 3 saturated heterocycles. The highest BCUT2D eigenvalue weighted by Gasteiger charge is 2.51. The summed E-state index contributed by atoms with van der Waals surface area (Å²) in [6, 6.07) is 1.70. The lowest BCUT2D eigenvalue weighted by molar-refractivity contribution is -0.160. The van der Waals surface area contributed by atoms with E-state index in [0.29, 0.717) is 32.7 Å². The number of likely N-dealkylation sites (tertiary alicyclic amines) is 2. The summed E-state index contributed by atoms with van der Waals surface area (Å²) in [5, 5.41) is 4.48. The minimum absolute atomic E-state index is 0.0840. The van der Waals surface area contributed by atoms with Crippen molar-refractivity contribution in [2.75, 3.05) is 32.8 Å². The third-order valence-corrected chi connectivity index (χ3v) is 7.07. The van der Waals surface area contributed by atoms with Gasteiger partial charge >= 0.3 is 0 Å². The molecule has 29 heavy (non-hydrogen) atoms. The Morgan fingerprint density at radius 2 is 1.83 bits per heavy atom. The van der Waals surface area contributed by atoms with E-state index >= 15 is 0 Å². The van der Waals surface area contributed by atoms with Crippen molar-refractivity contribution < 1.29 is 14.3 Å². The molecule has 0 aliphatic carbocycles. The number of amides is 2. The fourth-order valence-electron chi connectivity index (χ4n) is 5.52. The molecule has 2 amide bonds. The third-order valence-electron chi connectivity index (χ3n) is 7.07. The van der Waals surface area contributed by atoms with Crippen molar-refractivity contribution >= 4 is 11.8 Å². The van der Waals surface area contributed by atoms with E-state index in [4.69, 9.17) is 4.74 Å². The topological polar surface area (TPSA) is 67.7 Å². The number of piperidine rings is 1. The molecular formula is C22H34N4O3. The monoisotopic (exact) mass is 402 g/mol. The van der Waals surface area contributed by atoms with Crippen LogP contribution < -0.4 is 0 Å². The van der Waals surface area contributed by atoms with Crippen molar-refractivity contribution in [1.82, 2.24) is 19.6 Å². The zero-order valence-corrected chi connectivity index (χ0v) is 17.9. The molecule has 7 nitrogen and oxygen atoms in total. The second kappa shape index (κ2) is 8.46. The highest BCUT2D eigenvalue weighted by atomic mass is 16.5. The normalized spacial score (nSPS) is 24.3. The average Bonchev–Trinajstić information content (AvgIpc) is 3.35. The molecule has 4 rings (SSSR count). The Morgan fingerprint density at radius 1 is 1.10 bits per heavy atom. The van der Waals surface area contributed by atoms with E-state index in [1.54, 1.807) is 0 Å². The van der Waals surface area contributed by atoms with Gasteiger partial charge in [-0.15, -0.1) is 0 Å². The summed E-state index contributed by atoms with van der Waals surface area (Å²) in [4.78, 5) is 30.8. The minimum Gasteiger partial charge on any atom is -0.381 e. The van der Waals surface area contributed by atoms with Crippen LogP contribution in [0.2, 0.25) is 0 Å². The van der Waals surface area contributed by atoms with Crippen LogP contribution in [0.1, 0.15) is 56.3 Å². The number of hydrogen-bond acceptors (Lipinski definition) is 4. The van der Waals surface area contributed by atoms with Crippen molar-refractivity contribution in [3.8, 4) is 0 Å². The van der Waals surface area contributed by atoms with E-state index in [0.717, 1.165) is 63.0 Å². The zero-order valence-electron chi connectivity index (χ0n) is 17.9. The Bertz CT molecular complexity index is 742. The summed E-state index contributed by atoms with van der Waals surface area (Å²) >= 11 is 0. The Kier molecular flexibility index (Phi) is 5.95. The summed E-state index contributed by atoms with van der Waals surface area (Å²) in [6.07, 6.45) is 6.26. The van der Waals surface area contributed by atoms with Gasteiger partial charge in [0.25, 0.3) is 0 Å². The van der Waals surface area contributed by atoms with Crippen molar-refractivity contribution in [2.24, 2.45) is 5.41 Å². The number of aromatic nitrogens is 2. The van der Waals surface area contributed by atoms with E-state index in [1.165, 1.54) is 0 Å². The first kappa shape index (κ1) is 20.4. The molecule has 4 heterocycles. The smallest absolute Gasteiger partial charge is 0.245 e. The number of aryl methyl sites for hydroxylation is 3. The SMILES string of the molecule is Cc1cc(C)n(CCC(=O)N2CCCC3(CCOCC3)C2C(=O)N2CCCC2)n1. The van der Waals surface area contributed by atoms with Gasteiger partial charge in [-0.25, -0.2) is 0 Å². The summed E-state index contributed by atoms with van der Waals surface area (Å²) in [6.45, 7) is 8.27. The van der Waals surface area contributed by atoms with Gasteiger partial charge in [-0.1, -0.05) is 0 Å². The van der Waals surface area contributed by atoms with Gasteiger partial charge in [0.15, 0.2) is 0 Å². The number of rotatable bonds is 4. The van der Waals surface area contributed by atoms with Gasteiger partial charge in [0.2, 0.25) is 11.8 Å². The number of hydrogen-bond donors (Lipinski definition) is 0. The summed E-state index contributed by atoms with van der Waals surface area (Å²) in [5.74, 6) is 0.254. The lowest BCUT2D eigenvalue weighted by Gasteiger charge is -2.51. The molecule has 0 bridgehead atoms. The fraction of sp³-hybridized carbons (Fsp3) is 0.773. The molecule has 0 N–H and O–H groups in total. The fourth-order valence-corrected chi connectivity index (χ4v) is 5.52. The predicted octanol–water partition coefficient (Wildman–Crippen LogP) is 2.30. The van der Waals surface area contributed by atoms with E-state index in [-0.39, 0.29) is 23.3 Å². The van der Waals surface area contributed by atoms with Crippen LogP contribution in [0.25, 0.3) is 0 Å².